The zero-order chi connectivity index (χ0) is 16.8. The van der Waals surface area contributed by atoms with Crippen molar-refractivity contribution in [1.82, 2.24) is 5.16 Å². The molecule has 0 saturated heterocycles. The molecule has 122 valence electrons. The Morgan fingerprint density at radius 3 is 2.65 bits per heavy atom. The molecule has 1 aliphatic heterocycles. The van der Waals surface area contributed by atoms with Crippen LogP contribution in [-0.2, 0) is 20.2 Å². The standard InChI is InChI=1S/C15H17N3O4S/c1-4-18-12-6-5-10(9-11(12)15(2,3)14(18)19)23(20,21)17-13-7-8-22-16-13/h5-9H,4H2,1-3H3,(H,16,17). The minimum Gasteiger partial charge on any atom is -0.363 e. The third-order valence-electron chi connectivity index (χ3n) is 4.02. The van der Waals surface area contributed by atoms with Crippen LogP contribution in [0.15, 0.2) is 39.9 Å². The van der Waals surface area contributed by atoms with Gasteiger partial charge in [-0.15, -0.1) is 0 Å². The molecule has 2 aromatic rings. The summed E-state index contributed by atoms with van der Waals surface area (Å²) < 4.78 is 31.9. The van der Waals surface area contributed by atoms with Gasteiger partial charge in [0.15, 0.2) is 5.82 Å². The molecule has 1 N–H and O–H groups in total. The van der Waals surface area contributed by atoms with Crippen LogP contribution in [0.3, 0.4) is 0 Å². The van der Waals surface area contributed by atoms with E-state index in [-0.39, 0.29) is 16.6 Å². The van der Waals surface area contributed by atoms with Crippen LogP contribution in [-0.4, -0.2) is 26.0 Å². The maximum atomic E-state index is 12.5. The molecule has 0 bridgehead atoms. The van der Waals surface area contributed by atoms with Gasteiger partial charge in [0.05, 0.1) is 10.3 Å². The Bertz CT molecular complexity index is 857. The van der Waals surface area contributed by atoms with Gasteiger partial charge in [0, 0.05) is 18.3 Å². The van der Waals surface area contributed by atoms with E-state index in [2.05, 4.69) is 14.4 Å². The lowest BCUT2D eigenvalue weighted by Gasteiger charge is -2.18. The van der Waals surface area contributed by atoms with Gasteiger partial charge in [-0.2, -0.15) is 0 Å². The highest BCUT2D eigenvalue weighted by Crippen LogP contribution is 2.42. The summed E-state index contributed by atoms with van der Waals surface area (Å²) in [7, 11) is -3.80. The number of likely N-dealkylation sites (N-methyl/N-ethyl adjacent to an activating group) is 1. The molecule has 1 aromatic heterocycles. The smallest absolute Gasteiger partial charge is 0.263 e. The number of sulfonamides is 1. The van der Waals surface area contributed by atoms with Gasteiger partial charge in [-0.1, -0.05) is 5.16 Å². The number of fused-ring (bicyclic) bond motifs is 1. The SMILES string of the molecule is CCN1C(=O)C(C)(C)c2cc(S(=O)(=O)Nc3ccon3)ccc21. The third-order valence-corrected chi connectivity index (χ3v) is 5.37. The third kappa shape index (κ3) is 2.39. The highest BCUT2D eigenvalue weighted by Gasteiger charge is 2.43. The van der Waals surface area contributed by atoms with E-state index < -0.39 is 15.4 Å². The molecule has 8 heteroatoms. The molecule has 1 aromatic carbocycles. The number of anilines is 2. The Morgan fingerprint density at radius 2 is 2.04 bits per heavy atom. The Kier molecular flexibility index (Phi) is 3.44. The van der Waals surface area contributed by atoms with E-state index in [0.717, 1.165) is 5.69 Å². The number of nitrogens with one attached hydrogen (secondary N) is 1. The minimum atomic E-state index is -3.80. The molecule has 0 atom stereocenters. The molecule has 0 spiro atoms. The molecule has 0 fully saturated rings. The summed E-state index contributed by atoms with van der Waals surface area (Å²) >= 11 is 0. The number of carbonyl (C=O) groups excluding carboxylic acids is 1. The molecule has 2 heterocycles. The van der Waals surface area contributed by atoms with Crippen LogP contribution in [0.4, 0.5) is 11.5 Å². The number of hydrogen-bond acceptors (Lipinski definition) is 5. The van der Waals surface area contributed by atoms with Gasteiger partial charge in [-0.25, -0.2) is 8.42 Å². The first-order valence-electron chi connectivity index (χ1n) is 7.17. The number of hydrogen-bond donors (Lipinski definition) is 1. The quantitative estimate of drug-likeness (QED) is 0.924. The molecule has 7 nitrogen and oxygen atoms in total. The Balaban J connectivity index is 2.05. The van der Waals surface area contributed by atoms with Gasteiger partial charge >= 0.3 is 0 Å². The number of rotatable bonds is 4. The van der Waals surface area contributed by atoms with Gasteiger partial charge < -0.3 is 9.42 Å². The fraction of sp³-hybridized carbons (Fsp3) is 0.333. The summed E-state index contributed by atoms with van der Waals surface area (Å²) in [4.78, 5) is 14.2. The summed E-state index contributed by atoms with van der Waals surface area (Å²) in [6, 6.07) is 6.12. The highest BCUT2D eigenvalue weighted by molar-refractivity contribution is 7.92. The lowest BCUT2D eigenvalue weighted by atomic mass is 9.86. The van der Waals surface area contributed by atoms with Gasteiger partial charge in [0.2, 0.25) is 5.91 Å². The summed E-state index contributed by atoms with van der Waals surface area (Å²) in [5, 5.41) is 3.54. The topological polar surface area (TPSA) is 92.5 Å². The minimum absolute atomic E-state index is 0.0333. The second-order valence-corrected chi connectivity index (χ2v) is 7.53. The predicted octanol–water partition coefficient (Wildman–Crippen LogP) is 2.12. The van der Waals surface area contributed by atoms with Crippen LogP contribution in [0.2, 0.25) is 0 Å². The van der Waals surface area contributed by atoms with Crippen LogP contribution < -0.4 is 9.62 Å². The Morgan fingerprint density at radius 1 is 1.30 bits per heavy atom. The molecular weight excluding hydrogens is 318 g/mol. The lowest BCUT2D eigenvalue weighted by molar-refractivity contribution is -0.122. The van der Waals surface area contributed by atoms with Crippen molar-refractivity contribution in [2.45, 2.75) is 31.1 Å². The molecule has 1 aliphatic rings. The van der Waals surface area contributed by atoms with Gasteiger partial charge in [-0.3, -0.25) is 9.52 Å². The van der Waals surface area contributed by atoms with Crippen LogP contribution in [0.1, 0.15) is 26.3 Å². The summed E-state index contributed by atoms with van der Waals surface area (Å²) in [6.07, 6.45) is 1.28. The van der Waals surface area contributed by atoms with E-state index in [1.165, 1.54) is 18.4 Å². The summed E-state index contributed by atoms with van der Waals surface area (Å²) in [5.41, 5.74) is 0.695. The maximum Gasteiger partial charge on any atom is 0.263 e. The zero-order valence-corrected chi connectivity index (χ0v) is 13.8. The molecular formula is C15H17N3O4S. The van der Waals surface area contributed by atoms with E-state index in [0.29, 0.717) is 12.1 Å². The second kappa shape index (κ2) is 5.09. The normalized spacial score (nSPS) is 16.5. The molecule has 23 heavy (non-hydrogen) atoms. The highest BCUT2D eigenvalue weighted by atomic mass is 32.2. The van der Waals surface area contributed by atoms with Crippen molar-refractivity contribution < 1.29 is 17.7 Å². The van der Waals surface area contributed by atoms with Crippen molar-refractivity contribution in [3.63, 3.8) is 0 Å². The molecule has 1 amide bonds. The summed E-state index contributed by atoms with van der Waals surface area (Å²) in [5.74, 6) is 0.0741. The average Bonchev–Trinajstić information content (AvgIpc) is 3.05. The van der Waals surface area contributed by atoms with Crippen LogP contribution >= 0.6 is 0 Å². The fourth-order valence-electron chi connectivity index (χ4n) is 2.76. The first-order chi connectivity index (χ1) is 10.8. The van der Waals surface area contributed by atoms with Crippen LogP contribution in [0.25, 0.3) is 0 Å². The second-order valence-electron chi connectivity index (χ2n) is 5.84. The molecule has 0 saturated carbocycles. The molecule has 3 rings (SSSR count). The van der Waals surface area contributed by atoms with Gasteiger partial charge in [-0.05, 0) is 44.5 Å². The molecule has 0 aliphatic carbocycles. The van der Waals surface area contributed by atoms with Crippen LogP contribution in [0, 0.1) is 0 Å². The lowest BCUT2D eigenvalue weighted by Crippen LogP contribution is -2.35. The molecule has 0 unspecified atom stereocenters. The van der Waals surface area contributed by atoms with Crippen molar-refractivity contribution in [3.8, 4) is 0 Å². The number of carbonyl (C=O) groups is 1. The van der Waals surface area contributed by atoms with Gasteiger partial charge in [0.1, 0.15) is 6.26 Å². The van der Waals surface area contributed by atoms with Crippen molar-refractivity contribution in [2.24, 2.45) is 0 Å². The van der Waals surface area contributed by atoms with Crippen molar-refractivity contribution in [1.29, 1.82) is 0 Å². The number of benzene rings is 1. The number of nitrogens with zero attached hydrogens (tertiary/aromatic N) is 2. The van der Waals surface area contributed by atoms with Crippen LogP contribution in [0.5, 0.6) is 0 Å². The van der Waals surface area contributed by atoms with Crippen molar-refractivity contribution in [2.75, 3.05) is 16.2 Å². The number of amides is 1. The predicted molar refractivity (Wildman–Crippen MR) is 84.8 cm³/mol. The van der Waals surface area contributed by atoms with E-state index in [9.17, 15) is 13.2 Å². The Hall–Kier alpha value is -2.35. The van der Waals surface area contributed by atoms with Gasteiger partial charge in [0.25, 0.3) is 10.0 Å². The van der Waals surface area contributed by atoms with Crippen molar-refractivity contribution in [3.05, 3.63) is 36.1 Å². The summed E-state index contributed by atoms with van der Waals surface area (Å²) in [6.45, 7) is 6.02. The largest absolute Gasteiger partial charge is 0.363 e. The first-order valence-corrected chi connectivity index (χ1v) is 8.65. The first kappa shape index (κ1) is 15.5. The van der Waals surface area contributed by atoms with Crippen molar-refractivity contribution >= 4 is 27.4 Å². The van der Waals surface area contributed by atoms with E-state index in [1.807, 2.05) is 6.92 Å². The number of aromatic nitrogens is 1. The van der Waals surface area contributed by atoms with E-state index >= 15 is 0 Å². The Labute approximate surface area is 134 Å². The molecule has 0 radical (unpaired) electrons. The zero-order valence-electron chi connectivity index (χ0n) is 13.0. The average molecular weight is 335 g/mol. The fourth-order valence-corrected chi connectivity index (χ4v) is 3.77. The van der Waals surface area contributed by atoms with E-state index in [1.54, 1.807) is 30.9 Å². The monoisotopic (exact) mass is 335 g/mol. The maximum absolute atomic E-state index is 12.5. The van der Waals surface area contributed by atoms with E-state index in [4.69, 9.17) is 0 Å².